The van der Waals surface area contributed by atoms with Gasteiger partial charge in [0.1, 0.15) is 5.75 Å². The molecule has 18 heavy (non-hydrogen) atoms. The molecule has 5 heteroatoms. The summed E-state index contributed by atoms with van der Waals surface area (Å²) in [5.41, 5.74) is 0.416. The Bertz CT molecular complexity index is 638. The Labute approximate surface area is 106 Å². The molecule has 0 fully saturated rings. The minimum absolute atomic E-state index is 0.0302. The van der Waals surface area contributed by atoms with Crippen LogP contribution in [0, 0.1) is 0 Å². The summed E-state index contributed by atoms with van der Waals surface area (Å²) in [6.45, 7) is 0. The van der Waals surface area contributed by atoms with Crippen molar-refractivity contribution in [3.63, 3.8) is 0 Å². The predicted octanol–water partition coefficient (Wildman–Crippen LogP) is 2.22. The lowest BCUT2D eigenvalue weighted by molar-refractivity contribution is 0.475. The molecule has 0 aliphatic carbocycles. The molecule has 0 saturated heterocycles. The molecule has 2 aromatic rings. The lowest BCUT2D eigenvalue weighted by atomic mass is 10.3. The number of hydrogen-bond donors (Lipinski definition) is 1. The topological polar surface area (TPSA) is 57.6 Å². The highest BCUT2D eigenvalue weighted by Crippen LogP contribution is 2.24. The molecule has 1 N–H and O–H groups in total. The zero-order valence-electron chi connectivity index (χ0n) is 9.82. The molecular weight excluding hydrogens is 250 g/mol. The molecule has 0 aromatic heterocycles. The number of benzene rings is 2. The fourth-order valence-electron chi connectivity index (χ4n) is 1.58. The van der Waals surface area contributed by atoms with Crippen LogP contribution < -0.4 is 4.31 Å². The van der Waals surface area contributed by atoms with Crippen LogP contribution in [0.3, 0.4) is 0 Å². The van der Waals surface area contributed by atoms with Crippen molar-refractivity contribution in [2.45, 2.75) is 4.90 Å². The van der Waals surface area contributed by atoms with Gasteiger partial charge in [-0.1, -0.05) is 24.3 Å². The average molecular weight is 263 g/mol. The van der Waals surface area contributed by atoms with Crippen LogP contribution in [-0.2, 0) is 10.0 Å². The van der Waals surface area contributed by atoms with Gasteiger partial charge in [-0.05, 0) is 24.3 Å². The van der Waals surface area contributed by atoms with Crippen molar-refractivity contribution in [3.8, 4) is 5.75 Å². The predicted molar refractivity (Wildman–Crippen MR) is 70.1 cm³/mol. The molecule has 0 spiro atoms. The molecule has 94 valence electrons. The van der Waals surface area contributed by atoms with Gasteiger partial charge in [0.2, 0.25) is 0 Å². The quantitative estimate of drug-likeness (QED) is 0.923. The van der Waals surface area contributed by atoms with Crippen molar-refractivity contribution < 1.29 is 13.5 Å². The van der Waals surface area contributed by atoms with Gasteiger partial charge in [0.05, 0.1) is 10.6 Å². The number of rotatable bonds is 3. The highest BCUT2D eigenvalue weighted by Gasteiger charge is 2.20. The van der Waals surface area contributed by atoms with E-state index in [1.807, 2.05) is 0 Å². The summed E-state index contributed by atoms with van der Waals surface area (Å²) in [7, 11) is -2.13. The fourth-order valence-corrected chi connectivity index (χ4v) is 2.79. The first-order chi connectivity index (χ1) is 8.51. The second kappa shape index (κ2) is 4.70. The van der Waals surface area contributed by atoms with E-state index in [2.05, 4.69) is 0 Å². The van der Waals surface area contributed by atoms with Crippen LogP contribution in [0.15, 0.2) is 59.5 Å². The van der Waals surface area contributed by atoms with Gasteiger partial charge in [-0.3, -0.25) is 4.31 Å². The van der Waals surface area contributed by atoms with E-state index in [0.29, 0.717) is 5.69 Å². The normalized spacial score (nSPS) is 11.2. The highest BCUT2D eigenvalue weighted by molar-refractivity contribution is 7.92. The van der Waals surface area contributed by atoms with Gasteiger partial charge in [0.25, 0.3) is 10.0 Å². The molecule has 0 aliphatic rings. The van der Waals surface area contributed by atoms with Crippen molar-refractivity contribution in [1.29, 1.82) is 0 Å². The first kappa shape index (κ1) is 12.4. The van der Waals surface area contributed by atoms with Gasteiger partial charge in [0.15, 0.2) is 0 Å². The van der Waals surface area contributed by atoms with E-state index in [1.165, 1.54) is 31.3 Å². The van der Waals surface area contributed by atoms with E-state index in [1.54, 1.807) is 30.3 Å². The largest absolute Gasteiger partial charge is 0.508 e. The summed E-state index contributed by atoms with van der Waals surface area (Å²) in [5, 5.41) is 9.38. The van der Waals surface area contributed by atoms with E-state index < -0.39 is 10.0 Å². The fraction of sp³-hybridized carbons (Fsp3) is 0.0769. The van der Waals surface area contributed by atoms with Crippen LogP contribution in [0.2, 0.25) is 0 Å². The van der Waals surface area contributed by atoms with Crippen molar-refractivity contribution in [2.24, 2.45) is 0 Å². The van der Waals surface area contributed by atoms with E-state index in [9.17, 15) is 13.5 Å². The molecule has 2 aromatic carbocycles. The second-order valence-corrected chi connectivity index (χ2v) is 5.77. The summed E-state index contributed by atoms with van der Waals surface area (Å²) >= 11 is 0. The summed E-state index contributed by atoms with van der Waals surface area (Å²) in [5.74, 6) is 0.0302. The molecule has 0 unspecified atom stereocenters. The molecule has 0 amide bonds. The van der Waals surface area contributed by atoms with E-state index in [4.69, 9.17) is 0 Å². The lowest BCUT2D eigenvalue weighted by Gasteiger charge is -2.19. The SMILES string of the molecule is CN(c1cccc(O)c1)S(=O)(=O)c1ccccc1. The van der Waals surface area contributed by atoms with Gasteiger partial charge >= 0.3 is 0 Å². The number of anilines is 1. The van der Waals surface area contributed by atoms with Gasteiger partial charge < -0.3 is 5.11 Å². The molecule has 0 aliphatic heterocycles. The summed E-state index contributed by atoms with van der Waals surface area (Å²) in [4.78, 5) is 0.218. The molecule has 0 atom stereocenters. The molecule has 0 heterocycles. The Morgan fingerprint density at radius 1 is 1.00 bits per heavy atom. The maximum absolute atomic E-state index is 12.3. The molecule has 4 nitrogen and oxygen atoms in total. The third kappa shape index (κ3) is 2.31. The Morgan fingerprint density at radius 3 is 2.28 bits per heavy atom. The van der Waals surface area contributed by atoms with Crippen molar-refractivity contribution in [3.05, 3.63) is 54.6 Å². The number of nitrogens with zero attached hydrogens (tertiary/aromatic N) is 1. The van der Waals surface area contributed by atoms with Gasteiger partial charge in [-0.2, -0.15) is 0 Å². The smallest absolute Gasteiger partial charge is 0.264 e. The summed E-state index contributed by atoms with van der Waals surface area (Å²) < 4.78 is 25.7. The van der Waals surface area contributed by atoms with Crippen molar-refractivity contribution in [1.82, 2.24) is 0 Å². The minimum Gasteiger partial charge on any atom is -0.508 e. The number of phenolic OH excluding ortho intramolecular Hbond substituents is 1. The van der Waals surface area contributed by atoms with Crippen LogP contribution in [-0.4, -0.2) is 20.6 Å². The van der Waals surface area contributed by atoms with E-state index in [0.717, 1.165) is 4.31 Å². The molecular formula is C13H13NO3S. The van der Waals surface area contributed by atoms with Crippen LogP contribution in [0.5, 0.6) is 5.75 Å². The van der Waals surface area contributed by atoms with E-state index in [-0.39, 0.29) is 10.6 Å². The second-order valence-electron chi connectivity index (χ2n) is 3.81. The number of hydrogen-bond acceptors (Lipinski definition) is 3. The minimum atomic E-state index is -3.59. The molecule has 0 bridgehead atoms. The third-order valence-electron chi connectivity index (χ3n) is 2.59. The van der Waals surface area contributed by atoms with Crippen LogP contribution in [0.4, 0.5) is 5.69 Å². The van der Waals surface area contributed by atoms with Gasteiger partial charge in [0, 0.05) is 13.1 Å². The monoisotopic (exact) mass is 263 g/mol. The summed E-state index contributed by atoms with van der Waals surface area (Å²) in [6, 6.07) is 14.3. The first-order valence-electron chi connectivity index (χ1n) is 5.35. The van der Waals surface area contributed by atoms with Gasteiger partial charge in [-0.15, -0.1) is 0 Å². The molecule has 2 rings (SSSR count). The Hall–Kier alpha value is -2.01. The maximum atomic E-state index is 12.3. The van der Waals surface area contributed by atoms with Crippen molar-refractivity contribution >= 4 is 15.7 Å². The third-order valence-corrected chi connectivity index (χ3v) is 4.39. The first-order valence-corrected chi connectivity index (χ1v) is 6.79. The standard InChI is InChI=1S/C13H13NO3S/c1-14(11-6-5-7-12(15)10-11)18(16,17)13-8-3-2-4-9-13/h2-10,15H,1H3. The van der Waals surface area contributed by atoms with E-state index >= 15 is 0 Å². The number of sulfonamides is 1. The maximum Gasteiger partial charge on any atom is 0.264 e. The van der Waals surface area contributed by atoms with Gasteiger partial charge in [-0.25, -0.2) is 8.42 Å². The summed E-state index contributed by atoms with van der Waals surface area (Å²) in [6.07, 6.45) is 0. The highest BCUT2D eigenvalue weighted by atomic mass is 32.2. The zero-order chi connectivity index (χ0) is 13.2. The lowest BCUT2D eigenvalue weighted by Crippen LogP contribution is -2.26. The Morgan fingerprint density at radius 2 is 1.67 bits per heavy atom. The molecule has 0 saturated carbocycles. The van der Waals surface area contributed by atoms with Crippen LogP contribution in [0.1, 0.15) is 0 Å². The average Bonchev–Trinajstić information content (AvgIpc) is 2.39. The molecule has 0 radical (unpaired) electrons. The van der Waals surface area contributed by atoms with Crippen LogP contribution in [0.25, 0.3) is 0 Å². The Balaban J connectivity index is 2.43. The number of phenols is 1. The van der Waals surface area contributed by atoms with Crippen molar-refractivity contribution in [2.75, 3.05) is 11.4 Å². The Kier molecular flexibility index (Phi) is 3.25. The van der Waals surface area contributed by atoms with Crippen LogP contribution >= 0.6 is 0 Å². The number of aromatic hydroxyl groups is 1. The zero-order valence-corrected chi connectivity index (χ0v) is 10.6.